The van der Waals surface area contributed by atoms with E-state index in [2.05, 4.69) is 0 Å². The second-order valence-corrected chi connectivity index (χ2v) is 5.88. The Kier molecular flexibility index (Phi) is 9.19. The fourth-order valence-corrected chi connectivity index (χ4v) is 2.69. The van der Waals surface area contributed by atoms with Crippen molar-refractivity contribution in [1.29, 1.82) is 0 Å². The zero-order valence-electron chi connectivity index (χ0n) is 16.0. The van der Waals surface area contributed by atoms with Crippen LogP contribution in [0.4, 0.5) is 0 Å². The van der Waals surface area contributed by atoms with Gasteiger partial charge in [0, 0.05) is 6.42 Å². The number of carbonyl (C=O) groups excluding carboxylic acids is 4. The first-order chi connectivity index (χ1) is 12.9. The van der Waals surface area contributed by atoms with E-state index in [0.717, 1.165) is 0 Å². The number of benzene rings is 1. The first kappa shape index (κ1) is 22.3. The summed E-state index contributed by atoms with van der Waals surface area (Å²) in [6.45, 7) is 5.06. The Balaban J connectivity index is 3.23. The summed E-state index contributed by atoms with van der Waals surface area (Å²) in [5, 5.41) is 0. The van der Waals surface area contributed by atoms with E-state index in [9.17, 15) is 19.2 Å². The molecule has 0 spiro atoms. The van der Waals surface area contributed by atoms with Gasteiger partial charge in [-0.15, -0.1) is 0 Å². The third kappa shape index (κ3) is 6.51. The number of carbonyl (C=O) groups is 4. The SMILES string of the molecule is CCOC(=O)CC(=O)CC(Cc1ccccc1)(C(=O)OCC)C(=O)OCC. The van der Waals surface area contributed by atoms with Gasteiger partial charge >= 0.3 is 17.9 Å². The third-order valence-corrected chi connectivity index (χ3v) is 3.83. The lowest BCUT2D eigenvalue weighted by Gasteiger charge is -2.28. The summed E-state index contributed by atoms with van der Waals surface area (Å²) < 4.78 is 15.0. The lowest BCUT2D eigenvalue weighted by Crippen LogP contribution is -2.46. The quantitative estimate of drug-likeness (QED) is 0.331. The number of Topliss-reactive ketones (excluding diaryl/α,β-unsaturated/α-hetero) is 1. The van der Waals surface area contributed by atoms with E-state index in [1.54, 1.807) is 51.1 Å². The van der Waals surface area contributed by atoms with Crippen LogP contribution in [-0.4, -0.2) is 43.5 Å². The van der Waals surface area contributed by atoms with Crippen molar-refractivity contribution in [3.8, 4) is 0 Å². The van der Waals surface area contributed by atoms with E-state index in [1.807, 2.05) is 0 Å². The van der Waals surface area contributed by atoms with Crippen molar-refractivity contribution in [2.75, 3.05) is 19.8 Å². The molecule has 1 aromatic rings. The van der Waals surface area contributed by atoms with Gasteiger partial charge in [-0.25, -0.2) is 0 Å². The highest BCUT2D eigenvalue weighted by atomic mass is 16.6. The Morgan fingerprint density at radius 3 is 1.81 bits per heavy atom. The van der Waals surface area contributed by atoms with Gasteiger partial charge in [0.2, 0.25) is 0 Å². The molecule has 148 valence electrons. The molecule has 0 atom stereocenters. The van der Waals surface area contributed by atoms with Crippen molar-refractivity contribution in [3.63, 3.8) is 0 Å². The summed E-state index contributed by atoms with van der Waals surface area (Å²) >= 11 is 0. The molecule has 0 aliphatic carbocycles. The molecule has 0 aliphatic rings. The van der Waals surface area contributed by atoms with E-state index in [1.165, 1.54) is 0 Å². The third-order valence-electron chi connectivity index (χ3n) is 3.83. The highest BCUT2D eigenvalue weighted by Gasteiger charge is 2.50. The van der Waals surface area contributed by atoms with Crippen LogP contribution in [0.1, 0.15) is 39.2 Å². The molecule has 0 fully saturated rings. The molecule has 0 unspecified atom stereocenters. The van der Waals surface area contributed by atoms with Crippen LogP contribution >= 0.6 is 0 Å². The molecule has 0 amide bonds. The van der Waals surface area contributed by atoms with Crippen LogP contribution in [0.5, 0.6) is 0 Å². The van der Waals surface area contributed by atoms with Crippen molar-refractivity contribution < 1.29 is 33.4 Å². The Hall–Kier alpha value is -2.70. The lowest BCUT2D eigenvalue weighted by molar-refractivity contribution is -0.174. The summed E-state index contributed by atoms with van der Waals surface area (Å²) in [7, 11) is 0. The van der Waals surface area contributed by atoms with Gasteiger partial charge < -0.3 is 14.2 Å². The molecule has 1 aromatic carbocycles. The highest BCUT2D eigenvalue weighted by molar-refractivity contribution is 6.06. The fraction of sp³-hybridized carbons (Fsp3) is 0.500. The van der Waals surface area contributed by atoms with E-state index >= 15 is 0 Å². The van der Waals surface area contributed by atoms with Gasteiger partial charge in [-0.2, -0.15) is 0 Å². The Morgan fingerprint density at radius 1 is 0.815 bits per heavy atom. The fourth-order valence-electron chi connectivity index (χ4n) is 2.69. The summed E-state index contributed by atoms with van der Waals surface area (Å²) in [6.07, 6.45) is -1.10. The maximum absolute atomic E-state index is 12.7. The first-order valence-electron chi connectivity index (χ1n) is 8.95. The standard InChI is InChI=1S/C20H26O7/c1-4-25-17(22)12-16(21)14-20(18(23)26-5-2,19(24)27-6-3)13-15-10-8-7-9-11-15/h7-11H,4-6,12-14H2,1-3H3. The van der Waals surface area contributed by atoms with Crippen LogP contribution in [0.3, 0.4) is 0 Å². The largest absolute Gasteiger partial charge is 0.466 e. The predicted octanol–water partition coefficient (Wildman–Crippen LogP) is 2.25. The predicted molar refractivity (Wildman–Crippen MR) is 96.7 cm³/mol. The van der Waals surface area contributed by atoms with Crippen molar-refractivity contribution in [2.45, 2.75) is 40.0 Å². The summed E-state index contributed by atoms with van der Waals surface area (Å²) in [5.41, 5.74) is -1.18. The highest BCUT2D eigenvalue weighted by Crippen LogP contribution is 2.32. The minimum absolute atomic E-state index is 0.0425. The second-order valence-electron chi connectivity index (χ2n) is 5.88. The van der Waals surface area contributed by atoms with Crippen LogP contribution in [0.15, 0.2) is 30.3 Å². The van der Waals surface area contributed by atoms with E-state index in [-0.39, 0.29) is 26.2 Å². The number of ketones is 1. The Morgan fingerprint density at radius 2 is 1.33 bits per heavy atom. The van der Waals surface area contributed by atoms with Crippen molar-refractivity contribution in [2.24, 2.45) is 5.41 Å². The van der Waals surface area contributed by atoms with Gasteiger partial charge in [0.15, 0.2) is 5.41 Å². The number of ether oxygens (including phenoxy) is 3. The van der Waals surface area contributed by atoms with Gasteiger partial charge in [-0.3, -0.25) is 19.2 Å². The minimum atomic E-state index is -1.85. The Bertz CT molecular complexity index is 634. The van der Waals surface area contributed by atoms with Crippen LogP contribution in [0.2, 0.25) is 0 Å². The molecule has 1 rings (SSSR count). The molecule has 0 N–H and O–H groups in total. The van der Waals surface area contributed by atoms with Gasteiger partial charge in [-0.1, -0.05) is 30.3 Å². The topological polar surface area (TPSA) is 96.0 Å². The van der Waals surface area contributed by atoms with Gasteiger partial charge in [0.05, 0.1) is 19.8 Å². The molecule has 27 heavy (non-hydrogen) atoms. The second kappa shape index (κ2) is 11.1. The normalized spacial score (nSPS) is 10.8. The molecule has 0 saturated heterocycles. The van der Waals surface area contributed by atoms with E-state index in [4.69, 9.17) is 14.2 Å². The van der Waals surface area contributed by atoms with Crippen molar-refractivity contribution in [3.05, 3.63) is 35.9 Å². The molecule has 0 heterocycles. The smallest absolute Gasteiger partial charge is 0.324 e. The maximum atomic E-state index is 12.7. The number of esters is 3. The van der Waals surface area contributed by atoms with Crippen molar-refractivity contribution in [1.82, 2.24) is 0 Å². The Labute approximate surface area is 159 Å². The monoisotopic (exact) mass is 378 g/mol. The zero-order chi connectivity index (χ0) is 20.3. The number of hydrogen-bond acceptors (Lipinski definition) is 7. The molecule has 7 nitrogen and oxygen atoms in total. The minimum Gasteiger partial charge on any atom is -0.466 e. The number of rotatable bonds is 11. The summed E-state index contributed by atoms with van der Waals surface area (Å²) in [4.78, 5) is 49.5. The summed E-state index contributed by atoms with van der Waals surface area (Å²) in [5.74, 6) is -2.98. The van der Waals surface area contributed by atoms with Crippen LogP contribution in [0, 0.1) is 5.41 Å². The van der Waals surface area contributed by atoms with Gasteiger partial charge in [0.25, 0.3) is 0 Å². The molecule has 0 aromatic heterocycles. The van der Waals surface area contributed by atoms with E-state index < -0.39 is 41.9 Å². The van der Waals surface area contributed by atoms with Crippen molar-refractivity contribution >= 4 is 23.7 Å². The maximum Gasteiger partial charge on any atom is 0.324 e. The molecule has 0 aliphatic heterocycles. The lowest BCUT2D eigenvalue weighted by atomic mass is 9.76. The first-order valence-corrected chi connectivity index (χ1v) is 8.95. The molecule has 0 saturated carbocycles. The average molecular weight is 378 g/mol. The van der Waals surface area contributed by atoms with E-state index in [0.29, 0.717) is 5.56 Å². The van der Waals surface area contributed by atoms with Gasteiger partial charge in [-0.05, 0) is 32.8 Å². The molecule has 7 heteroatoms. The molecule has 0 bridgehead atoms. The molecular weight excluding hydrogens is 352 g/mol. The molecular formula is C20H26O7. The van der Waals surface area contributed by atoms with Gasteiger partial charge in [0.1, 0.15) is 12.2 Å². The van der Waals surface area contributed by atoms with Crippen LogP contribution < -0.4 is 0 Å². The zero-order valence-corrected chi connectivity index (χ0v) is 16.0. The average Bonchev–Trinajstić information content (AvgIpc) is 2.62. The summed E-state index contributed by atoms with van der Waals surface area (Å²) in [6, 6.07) is 8.80. The molecule has 0 radical (unpaired) electrons. The van der Waals surface area contributed by atoms with Crippen LogP contribution in [-0.2, 0) is 39.8 Å². The van der Waals surface area contributed by atoms with Crippen LogP contribution in [0.25, 0.3) is 0 Å². The number of hydrogen-bond donors (Lipinski definition) is 0.